The third-order valence-electron chi connectivity index (χ3n) is 6.84. The Labute approximate surface area is 156 Å². The quantitative estimate of drug-likeness (QED) is 0.900. The maximum Gasteiger partial charge on any atom is 0.225 e. The zero-order valence-electron chi connectivity index (χ0n) is 16.0. The van der Waals surface area contributed by atoms with E-state index in [-0.39, 0.29) is 17.4 Å². The Morgan fingerprint density at radius 1 is 1.15 bits per heavy atom. The molecule has 2 amide bonds. The molecule has 1 aliphatic heterocycles. The first-order valence-corrected chi connectivity index (χ1v) is 10.1. The number of nitrogens with one attached hydrogen (secondary N) is 1. The van der Waals surface area contributed by atoms with Crippen molar-refractivity contribution in [3.05, 3.63) is 35.9 Å². The molecule has 2 aliphatic carbocycles. The van der Waals surface area contributed by atoms with Crippen molar-refractivity contribution in [2.45, 2.75) is 63.8 Å². The summed E-state index contributed by atoms with van der Waals surface area (Å²) < 4.78 is 0. The normalized spacial score (nSPS) is 32.0. The number of likely N-dealkylation sites (tertiary alicyclic amines) is 1. The van der Waals surface area contributed by atoms with Crippen LogP contribution in [-0.2, 0) is 9.59 Å². The highest BCUT2D eigenvalue weighted by molar-refractivity contribution is 5.82. The Bertz CT molecular complexity index is 687. The number of benzene rings is 1. The van der Waals surface area contributed by atoms with E-state index in [1.807, 2.05) is 6.92 Å². The van der Waals surface area contributed by atoms with Gasteiger partial charge in [0.2, 0.25) is 11.8 Å². The number of nitrogens with zero attached hydrogens (tertiary/aromatic N) is 1. The van der Waals surface area contributed by atoms with Crippen LogP contribution in [0.3, 0.4) is 0 Å². The zero-order valence-corrected chi connectivity index (χ0v) is 16.0. The molecular formula is C22H30N2O2. The smallest absolute Gasteiger partial charge is 0.225 e. The molecular weight excluding hydrogens is 324 g/mol. The Hall–Kier alpha value is -1.84. The molecule has 140 valence electrons. The summed E-state index contributed by atoms with van der Waals surface area (Å²) in [4.78, 5) is 26.4. The van der Waals surface area contributed by atoms with Crippen LogP contribution in [0.4, 0.5) is 0 Å². The summed E-state index contributed by atoms with van der Waals surface area (Å²) in [7, 11) is 0. The van der Waals surface area contributed by atoms with E-state index in [2.05, 4.69) is 47.5 Å². The van der Waals surface area contributed by atoms with Crippen LogP contribution in [-0.4, -0.2) is 35.3 Å². The van der Waals surface area contributed by atoms with E-state index in [0.29, 0.717) is 23.7 Å². The van der Waals surface area contributed by atoms with Crippen LogP contribution in [0.2, 0.25) is 0 Å². The fourth-order valence-electron chi connectivity index (χ4n) is 5.41. The molecule has 0 bridgehead atoms. The van der Waals surface area contributed by atoms with Crippen LogP contribution in [0.1, 0.15) is 63.9 Å². The van der Waals surface area contributed by atoms with E-state index in [9.17, 15) is 9.59 Å². The van der Waals surface area contributed by atoms with Gasteiger partial charge in [-0.1, -0.05) is 37.3 Å². The standard InChI is InChI=1S/C22H30N2O2/c1-3-19(25)23-21(2)11-18(12-21)20(26)24-14-22(15-24)10-9-17(13-22)16-7-5-4-6-8-16/h4-8,17-18H,3,9-15H2,1-2H3,(H,23,25)/t17-,18?,21?/m1/s1. The van der Waals surface area contributed by atoms with E-state index >= 15 is 0 Å². The van der Waals surface area contributed by atoms with Crippen molar-refractivity contribution in [1.82, 2.24) is 10.2 Å². The van der Waals surface area contributed by atoms with E-state index in [1.54, 1.807) is 0 Å². The van der Waals surface area contributed by atoms with Gasteiger partial charge in [-0.2, -0.15) is 0 Å². The second-order valence-electron chi connectivity index (χ2n) is 9.11. The van der Waals surface area contributed by atoms with Crippen molar-refractivity contribution in [3.63, 3.8) is 0 Å². The maximum absolute atomic E-state index is 12.8. The van der Waals surface area contributed by atoms with Crippen LogP contribution in [0.5, 0.6) is 0 Å². The Morgan fingerprint density at radius 3 is 2.50 bits per heavy atom. The fourth-order valence-corrected chi connectivity index (χ4v) is 5.41. The van der Waals surface area contributed by atoms with Gasteiger partial charge in [-0.05, 0) is 50.5 Å². The van der Waals surface area contributed by atoms with Crippen molar-refractivity contribution < 1.29 is 9.59 Å². The van der Waals surface area contributed by atoms with Gasteiger partial charge in [-0.15, -0.1) is 0 Å². The molecule has 3 aliphatic rings. The molecule has 1 aromatic rings. The number of amides is 2. The highest BCUT2D eigenvalue weighted by Crippen LogP contribution is 2.52. The number of carbonyl (C=O) groups excluding carboxylic acids is 2. The highest BCUT2D eigenvalue weighted by atomic mass is 16.2. The van der Waals surface area contributed by atoms with Crippen molar-refractivity contribution >= 4 is 11.8 Å². The van der Waals surface area contributed by atoms with Gasteiger partial charge in [0, 0.05) is 36.4 Å². The van der Waals surface area contributed by atoms with Gasteiger partial charge in [0.25, 0.3) is 0 Å². The van der Waals surface area contributed by atoms with Gasteiger partial charge in [-0.3, -0.25) is 9.59 Å². The van der Waals surface area contributed by atoms with Gasteiger partial charge < -0.3 is 10.2 Å². The summed E-state index contributed by atoms with van der Waals surface area (Å²) in [5.74, 6) is 1.15. The number of carbonyl (C=O) groups is 2. The summed E-state index contributed by atoms with van der Waals surface area (Å²) in [5, 5.41) is 3.07. The Kier molecular flexibility index (Phi) is 4.32. The summed E-state index contributed by atoms with van der Waals surface area (Å²) in [6.07, 6.45) is 5.78. The van der Waals surface area contributed by atoms with Crippen molar-refractivity contribution in [2.24, 2.45) is 11.3 Å². The van der Waals surface area contributed by atoms with Crippen LogP contribution in [0.15, 0.2) is 30.3 Å². The topological polar surface area (TPSA) is 49.4 Å². The van der Waals surface area contributed by atoms with Crippen LogP contribution >= 0.6 is 0 Å². The highest BCUT2D eigenvalue weighted by Gasteiger charge is 2.53. The zero-order chi connectivity index (χ0) is 18.4. The van der Waals surface area contributed by atoms with E-state index < -0.39 is 0 Å². The summed E-state index contributed by atoms with van der Waals surface area (Å²) in [6.45, 7) is 5.79. The summed E-state index contributed by atoms with van der Waals surface area (Å²) in [5.41, 5.74) is 1.64. The minimum Gasteiger partial charge on any atom is -0.351 e. The lowest BCUT2D eigenvalue weighted by Crippen LogP contribution is -2.63. The van der Waals surface area contributed by atoms with Gasteiger partial charge in [0.05, 0.1) is 0 Å². The lowest BCUT2D eigenvalue weighted by Gasteiger charge is -2.53. The molecule has 1 heterocycles. The second-order valence-corrected chi connectivity index (χ2v) is 9.11. The predicted octanol–water partition coefficient (Wildman–Crippen LogP) is 3.48. The molecule has 1 spiro atoms. The van der Waals surface area contributed by atoms with Crippen molar-refractivity contribution in [3.8, 4) is 0 Å². The monoisotopic (exact) mass is 354 g/mol. The summed E-state index contributed by atoms with van der Waals surface area (Å²) in [6, 6.07) is 10.8. The average molecular weight is 354 g/mol. The van der Waals surface area contributed by atoms with Gasteiger partial charge in [-0.25, -0.2) is 0 Å². The molecule has 4 rings (SSSR count). The van der Waals surface area contributed by atoms with Gasteiger partial charge in [0.1, 0.15) is 0 Å². The molecule has 0 radical (unpaired) electrons. The molecule has 0 aromatic heterocycles. The molecule has 4 heteroatoms. The van der Waals surface area contributed by atoms with Crippen LogP contribution in [0.25, 0.3) is 0 Å². The van der Waals surface area contributed by atoms with E-state index in [1.165, 1.54) is 24.8 Å². The Balaban J connectivity index is 1.27. The van der Waals surface area contributed by atoms with Crippen molar-refractivity contribution in [1.29, 1.82) is 0 Å². The van der Waals surface area contributed by atoms with Gasteiger partial charge in [0.15, 0.2) is 0 Å². The summed E-state index contributed by atoms with van der Waals surface area (Å²) >= 11 is 0. The minimum absolute atomic E-state index is 0.0826. The third kappa shape index (κ3) is 3.15. The molecule has 2 saturated carbocycles. The first-order chi connectivity index (χ1) is 12.4. The SMILES string of the molecule is CCC(=O)NC1(C)CC(C(=O)N2CC3(CC[C@@H](c4ccccc4)C3)C2)C1. The average Bonchev–Trinajstić information content (AvgIpc) is 3.04. The lowest BCUT2D eigenvalue weighted by molar-refractivity contribution is -0.154. The van der Waals surface area contributed by atoms with Crippen LogP contribution in [0, 0.1) is 11.3 Å². The Morgan fingerprint density at radius 2 is 1.85 bits per heavy atom. The molecule has 1 aromatic carbocycles. The molecule has 3 fully saturated rings. The second kappa shape index (κ2) is 6.40. The molecule has 1 saturated heterocycles. The van der Waals surface area contributed by atoms with Crippen molar-refractivity contribution in [2.75, 3.05) is 13.1 Å². The molecule has 0 unspecified atom stereocenters. The minimum atomic E-state index is -0.179. The fraction of sp³-hybridized carbons (Fsp3) is 0.636. The third-order valence-corrected chi connectivity index (χ3v) is 6.84. The first-order valence-electron chi connectivity index (χ1n) is 10.1. The largest absolute Gasteiger partial charge is 0.351 e. The predicted molar refractivity (Wildman–Crippen MR) is 102 cm³/mol. The van der Waals surface area contributed by atoms with E-state index in [0.717, 1.165) is 25.9 Å². The van der Waals surface area contributed by atoms with Gasteiger partial charge >= 0.3 is 0 Å². The number of hydrogen-bond acceptors (Lipinski definition) is 2. The number of hydrogen-bond donors (Lipinski definition) is 1. The molecule has 1 N–H and O–H groups in total. The molecule has 4 nitrogen and oxygen atoms in total. The molecule has 1 atom stereocenters. The number of rotatable bonds is 4. The van der Waals surface area contributed by atoms with E-state index in [4.69, 9.17) is 0 Å². The molecule has 26 heavy (non-hydrogen) atoms. The lowest BCUT2D eigenvalue weighted by atomic mass is 9.67. The maximum atomic E-state index is 12.8. The van der Waals surface area contributed by atoms with Crippen LogP contribution < -0.4 is 5.32 Å². The first kappa shape index (κ1) is 17.6.